The van der Waals surface area contributed by atoms with E-state index in [-0.39, 0.29) is 5.56 Å². The highest BCUT2D eigenvalue weighted by atomic mass is 35.5. The summed E-state index contributed by atoms with van der Waals surface area (Å²) in [7, 11) is 0.914. The monoisotopic (exact) mass is 252 g/mol. The van der Waals surface area contributed by atoms with Crippen molar-refractivity contribution in [1.82, 2.24) is 0 Å². The van der Waals surface area contributed by atoms with E-state index in [4.69, 9.17) is 11.6 Å². The van der Waals surface area contributed by atoms with Crippen molar-refractivity contribution >= 4 is 17.6 Å². The third-order valence-corrected chi connectivity index (χ3v) is 2.22. The summed E-state index contributed by atoms with van der Waals surface area (Å²) in [4.78, 5) is 11.1. The van der Waals surface area contributed by atoms with Gasteiger partial charge >= 0.3 is 12.1 Å². The van der Waals surface area contributed by atoms with Crippen LogP contribution in [0.1, 0.15) is 11.5 Å². The zero-order chi connectivity index (χ0) is 12.3. The lowest BCUT2D eigenvalue weighted by atomic mass is 9.99. The molecule has 0 radical (unpaired) electrons. The van der Waals surface area contributed by atoms with Crippen LogP contribution in [0.25, 0.3) is 0 Å². The Morgan fingerprint density at radius 1 is 1.31 bits per heavy atom. The molecule has 0 spiro atoms. The number of hydrogen-bond acceptors (Lipinski definition) is 2. The molecule has 0 saturated heterocycles. The van der Waals surface area contributed by atoms with E-state index in [2.05, 4.69) is 4.74 Å². The molecule has 0 bridgehead atoms. The fraction of sp³-hybridized carbons (Fsp3) is 0.300. The van der Waals surface area contributed by atoms with Gasteiger partial charge in [-0.2, -0.15) is 13.2 Å². The SMILES string of the molecule is COC(=O)C(c1ccc(Cl)cc1)C(F)(F)F. The van der Waals surface area contributed by atoms with Gasteiger partial charge in [0.25, 0.3) is 0 Å². The van der Waals surface area contributed by atoms with Gasteiger partial charge < -0.3 is 4.74 Å². The van der Waals surface area contributed by atoms with E-state index in [1.54, 1.807) is 0 Å². The maximum absolute atomic E-state index is 12.6. The highest BCUT2D eigenvalue weighted by Crippen LogP contribution is 2.36. The molecule has 0 aromatic heterocycles. The van der Waals surface area contributed by atoms with E-state index in [9.17, 15) is 18.0 Å². The molecule has 0 N–H and O–H groups in total. The predicted molar refractivity (Wildman–Crippen MR) is 52.3 cm³/mol. The molecule has 0 amide bonds. The van der Waals surface area contributed by atoms with Crippen molar-refractivity contribution in [2.45, 2.75) is 12.1 Å². The van der Waals surface area contributed by atoms with Crippen LogP contribution in [0, 0.1) is 0 Å². The van der Waals surface area contributed by atoms with E-state index in [0.717, 1.165) is 19.2 Å². The minimum Gasteiger partial charge on any atom is -0.468 e. The number of methoxy groups -OCH3 is 1. The first kappa shape index (κ1) is 12.8. The van der Waals surface area contributed by atoms with Crippen molar-refractivity contribution in [3.63, 3.8) is 0 Å². The van der Waals surface area contributed by atoms with E-state index < -0.39 is 18.1 Å². The third kappa shape index (κ3) is 2.88. The van der Waals surface area contributed by atoms with Crippen LogP contribution in [-0.2, 0) is 9.53 Å². The van der Waals surface area contributed by atoms with E-state index in [0.29, 0.717) is 5.02 Å². The zero-order valence-corrected chi connectivity index (χ0v) is 8.97. The van der Waals surface area contributed by atoms with Crippen LogP contribution in [0.5, 0.6) is 0 Å². The van der Waals surface area contributed by atoms with Crippen LogP contribution in [0.4, 0.5) is 13.2 Å². The number of hydrogen-bond donors (Lipinski definition) is 0. The van der Waals surface area contributed by atoms with Crippen LogP contribution < -0.4 is 0 Å². The molecular weight excluding hydrogens is 245 g/mol. The number of carbonyl (C=O) groups is 1. The van der Waals surface area contributed by atoms with Crippen LogP contribution in [-0.4, -0.2) is 19.3 Å². The summed E-state index contributed by atoms with van der Waals surface area (Å²) in [6.07, 6.45) is -4.68. The Labute approximate surface area is 95.0 Å². The quantitative estimate of drug-likeness (QED) is 0.756. The second-order valence-corrected chi connectivity index (χ2v) is 3.49. The summed E-state index contributed by atoms with van der Waals surface area (Å²) in [5.41, 5.74) is -0.191. The first-order chi connectivity index (χ1) is 7.36. The number of ether oxygens (including phenoxy) is 1. The Kier molecular flexibility index (Phi) is 3.80. The average molecular weight is 253 g/mol. The van der Waals surface area contributed by atoms with Crippen molar-refractivity contribution in [3.8, 4) is 0 Å². The molecule has 0 heterocycles. The Bertz CT molecular complexity index is 373. The summed E-state index contributed by atoms with van der Waals surface area (Å²) in [5.74, 6) is -3.61. The average Bonchev–Trinajstić information content (AvgIpc) is 2.19. The van der Waals surface area contributed by atoms with E-state index in [1.807, 2.05) is 0 Å². The first-order valence-electron chi connectivity index (χ1n) is 4.26. The number of benzene rings is 1. The van der Waals surface area contributed by atoms with Crippen molar-refractivity contribution in [1.29, 1.82) is 0 Å². The molecule has 2 nitrogen and oxygen atoms in total. The number of carbonyl (C=O) groups excluding carboxylic acids is 1. The molecule has 0 saturated carbocycles. The fourth-order valence-corrected chi connectivity index (χ4v) is 1.36. The molecule has 0 fully saturated rings. The second kappa shape index (κ2) is 4.74. The topological polar surface area (TPSA) is 26.3 Å². The molecule has 16 heavy (non-hydrogen) atoms. The minimum absolute atomic E-state index is 0.191. The summed E-state index contributed by atoms with van der Waals surface area (Å²) in [5, 5.41) is 0.301. The van der Waals surface area contributed by atoms with Gasteiger partial charge in [-0.05, 0) is 17.7 Å². The van der Waals surface area contributed by atoms with Crippen molar-refractivity contribution in [2.24, 2.45) is 0 Å². The Morgan fingerprint density at radius 2 is 1.81 bits per heavy atom. The van der Waals surface area contributed by atoms with E-state index in [1.165, 1.54) is 12.1 Å². The summed E-state index contributed by atoms with van der Waals surface area (Å²) >= 11 is 5.55. The normalized spacial score (nSPS) is 13.3. The van der Waals surface area contributed by atoms with Crippen molar-refractivity contribution in [2.75, 3.05) is 7.11 Å². The molecule has 6 heteroatoms. The van der Waals surface area contributed by atoms with Gasteiger partial charge in [0.05, 0.1) is 7.11 Å². The molecular formula is C10H8ClF3O2. The third-order valence-electron chi connectivity index (χ3n) is 1.97. The summed E-state index contributed by atoms with van der Waals surface area (Å²) < 4.78 is 42.0. The second-order valence-electron chi connectivity index (χ2n) is 3.05. The van der Waals surface area contributed by atoms with Crippen LogP contribution in [0.3, 0.4) is 0 Å². The van der Waals surface area contributed by atoms with Gasteiger partial charge in [-0.1, -0.05) is 23.7 Å². The number of esters is 1. The van der Waals surface area contributed by atoms with Crippen LogP contribution >= 0.6 is 11.6 Å². The summed E-state index contributed by atoms with van der Waals surface area (Å²) in [6, 6.07) is 4.88. The molecule has 1 rings (SSSR count). The molecule has 1 atom stereocenters. The van der Waals surface area contributed by atoms with E-state index >= 15 is 0 Å². The highest BCUT2D eigenvalue weighted by Gasteiger charge is 2.46. The van der Waals surface area contributed by atoms with Gasteiger partial charge in [0, 0.05) is 5.02 Å². The maximum Gasteiger partial charge on any atom is 0.406 e. The maximum atomic E-state index is 12.6. The lowest BCUT2D eigenvalue weighted by Crippen LogP contribution is -2.29. The Morgan fingerprint density at radius 3 is 2.19 bits per heavy atom. The molecule has 0 aliphatic rings. The van der Waals surface area contributed by atoms with Gasteiger partial charge in [0.15, 0.2) is 5.92 Å². The first-order valence-corrected chi connectivity index (χ1v) is 4.64. The van der Waals surface area contributed by atoms with Gasteiger partial charge in [0.1, 0.15) is 0 Å². The molecule has 0 aliphatic heterocycles. The molecule has 1 aromatic carbocycles. The molecule has 1 aromatic rings. The number of alkyl halides is 3. The standard InChI is InChI=1S/C10H8ClF3O2/c1-16-9(15)8(10(12,13)14)6-2-4-7(11)5-3-6/h2-5,8H,1H3. The summed E-state index contributed by atoms with van der Waals surface area (Å²) in [6.45, 7) is 0. The predicted octanol–water partition coefficient (Wildman–Crippen LogP) is 3.16. The number of rotatable bonds is 2. The number of halogens is 4. The lowest BCUT2D eigenvalue weighted by Gasteiger charge is -2.18. The Hall–Kier alpha value is -1.23. The lowest BCUT2D eigenvalue weighted by molar-refractivity contribution is -0.179. The molecule has 88 valence electrons. The largest absolute Gasteiger partial charge is 0.468 e. The minimum atomic E-state index is -4.68. The zero-order valence-electron chi connectivity index (χ0n) is 8.22. The van der Waals surface area contributed by atoms with Crippen molar-refractivity contribution < 1.29 is 22.7 Å². The smallest absolute Gasteiger partial charge is 0.406 e. The fourth-order valence-electron chi connectivity index (χ4n) is 1.23. The molecule has 0 aliphatic carbocycles. The van der Waals surface area contributed by atoms with Gasteiger partial charge in [-0.15, -0.1) is 0 Å². The van der Waals surface area contributed by atoms with Crippen LogP contribution in [0.15, 0.2) is 24.3 Å². The Balaban J connectivity index is 3.11. The van der Waals surface area contributed by atoms with Crippen LogP contribution in [0.2, 0.25) is 5.02 Å². The van der Waals surface area contributed by atoms with Gasteiger partial charge in [0.2, 0.25) is 0 Å². The van der Waals surface area contributed by atoms with Gasteiger partial charge in [-0.25, -0.2) is 0 Å². The highest BCUT2D eigenvalue weighted by molar-refractivity contribution is 6.30. The van der Waals surface area contributed by atoms with Gasteiger partial charge in [-0.3, -0.25) is 4.79 Å². The van der Waals surface area contributed by atoms with Crippen molar-refractivity contribution in [3.05, 3.63) is 34.9 Å². The molecule has 1 unspecified atom stereocenters.